The summed E-state index contributed by atoms with van der Waals surface area (Å²) >= 11 is 0. The summed E-state index contributed by atoms with van der Waals surface area (Å²) < 4.78 is 97.7. The number of hydrogen-bond acceptors (Lipinski definition) is 2. The van der Waals surface area contributed by atoms with E-state index in [0.717, 1.165) is 0 Å². The zero-order valence-corrected chi connectivity index (χ0v) is 8.73. The molecule has 0 aromatic rings. The third kappa shape index (κ3) is 6.94. The highest BCUT2D eigenvalue weighted by Gasteiger charge is 2.43. The zero-order valence-electron chi connectivity index (χ0n) is 8.73. The summed E-state index contributed by atoms with van der Waals surface area (Å²) in [6, 6.07) is 0. The van der Waals surface area contributed by atoms with E-state index >= 15 is 0 Å². The first-order valence-corrected chi connectivity index (χ1v) is 4.69. The van der Waals surface area contributed by atoms with E-state index in [1.807, 2.05) is 0 Å². The quantitative estimate of drug-likeness (QED) is 0.601. The minimum Gasteiger partial charge on any atom is -0.368 e. The molecule has 0 aliphatic heterocycles. The van der Waals surface area contributed by atoms with Crippen LogP contribution in [0.3, 0.4) is 0 Å². The maximum atomic E-state index is 12.3. The topological polar surface area (TPSA) is 29.5 Å². The fraction of sp³-hybridized carbons (Fsp3) is 1.00. The Labute approximate surface area is 96.5 Å². The van der Waals surface area contributed by atoms with Crippen LogP contribution in [0.4, 0.5) is 35.1 Å². The van der Waals surface area contributed by atoms with Crippen molar-refractivity contribution in [1.82, 2.24) is 0 Å². The Bertz CT molecular complexity index is 238. The van der Waals surface area contributed by atoms with Crippen LogP contribution in [0.5, 0.6) is 0 Å². The number of aliphatic hydroxyl groups excluding tert-OH is 1. The summed E-state index contributed by atoms with van der Waals surface area (Å²) in [7, 11) is 0. The molecule has 110 valence electrons. The molecule has 1 N–H and O–H groups in total. The van der Waals surface area contributed by atoms with E-state index in [9.17, 15) is 35.1 Å². The molecule has 0 amide bonds. The minimum atomic E-state index is -5.34. The molecule has 0 aliphatic rings. The predicted molar refractivity (Wildman–Crippen MR) is 42.8 cm³/mol. The summed E-state index contributed by atoms with van der Waals surface area (Å²) in [5.41, 5.74) is 0. The molecule has 3 unspecified atom stereocenters. The molecule has 0 aliphatic carbocycles. The predicted octanol–water partition coefficient (Wildman–Crippen LogP) is 3.25. The molecule has 0 saturated carbocycles. The minimum absolute atomic E-state index is 0.605. The van der Waals surface area contributed by atoms with E-state index in [-0.39, 0.29) is 0 Å². The van der Waals surface area contributed by atoms with E-state index in [0.29, 0.717) is 0 Å². The highest BCUT2D eigenvalue weighted by atomic mass is 19.4. The van der Waals surface area contributed by atoms with Crippen molar-refractivity contribution in [2.75, 3.05) is 0 Å². The Morgan fingerprint density at radius 3 is 1.78 bits per heavy atom. The van der Waals surface area contributed by atoms with Crippen molar-refractivity contribution < 1.29 is 45.0 Å². The van der Waals surface area contributed by atoms with E-state index in [1.54, 1.807) is 0 Å². The molecule has 0 saturated heterocycles. The molecule has 3 atom stereocenters. The first-order chi connectivity index (χ1) is 7.94. The summed E-state index contributed by atoms with van der Waals surface area (Å²) in [6.45, 7) is 0. The number of halogens is 8. The van der Waals surface area contributed by atoms with E-state index < -0.39 is 50.4 Å². The molecular formula is C8H10F8O2. The molecule has 10 heteroatoms. The smallest absolute Gasteiger partial charge is 0.368 e. The van der Waals surface area contributed by atoms with Crippen LogP contribution in [0, 0.1) is 0 Å². The van der Waals surface area contributed by atoms with Gasteiger partial charge >= 0.3 is 12.4 Å². The monoisotopic (exact) mass is 290 g/mol. The molecule has 18 heavy (non-hydrogen) atoms. The van der Waals surface area contributed by atoms with Gasteiger partial charge in [0.15, 0.2) is 12.5 Å². The number of ether oxygens (including phenoxy) is 1. The van der Waals surface area contributed by atoms with Gasteiger partial charge in [0.2, 0.25) is 0 Å². The Morgan fingerprint density at radius 2 is 1.39 bits per heavy atom. The summed E-state index contributed by atoms with van der Waals surface area (Å²) in [6.07, 6.45) is -21.9. The van der Waals surface area contributed by atoms with Crippen LogP contribution in [0.1, 0.15) is 19.3 Å². The van der Waals surface area contributed by atoms with Crippen LogP contribution in [-0.4, -0.2) is 36.3 Å². The van der Waals surface area contributed by atoms with E-state index in [1.165, 1.54) is 0 Å². The van der Waals surface area contributed by atoms with Crippen LogP contribution < -0.4 is 0 Å². The van der Waals surface area contributed by atoms with Crippen LogP contribution in [0.2, 0.25) is 0 Å². The first-order valence-electron chi connectivity index (χ1n) is 4.69. The Morgan fingerprint density at radius 1 is 0.889 bits per heavy atom. The van der Waals surface area contributed by atoms with Gasteiger partial charge in [-0.1, -0.05) is 0 Å². The lowest BCUT2D eigenvalue weighted by Crippen LogP contribution is -2.32. The van der Waals surface area contributed by atoms with Crippen LogP contribution in [0.25, 0.3) is 0 Å². The van der Waals surface area contributed by atoms with Gasteiger partial charge in [0.1, 0.15) is 0 Å². The van der Waals surface area contributed by atoms with Gasteiger partial charge < -0.3 is 9.84 Å². The highest BCUT2D eigenvalue weighted by molar-refractivity contribution is 4.66. The lowest BCUT2D eigenvalue weighted by Gasteiger charge is -2.18. The van der Waals surface area contributed by atoms with Gasteiger partial charge in [0.05, 0.1) is 0 Å². The molecule has 2 nitrogen and oxygen atoms in total. The summed E-state index contributed by atoms with van der Waals surface area (Å²) in [4.78, 5) is 0. The van der Waals surface area contributed by atoms with Crippen LogP contribution in [0.15, 0.2) is 0 Å². The van der Waals surface area contributed by atoms with E-state index in [4.69, 9.17) is 5.11 Å². The molecule has 0 aromatic carbocycles. The molecule has 0 fully saturated rings. The SMILES string of the molecule is OC(CCCC(F)C(F)(F)F)OC(F)C(F)(F)F. The second-order valence-electron chi connectivity index (χ2n) is 3.39. The lowest BCUT2D eigenvalue weighted by molar-refractivity contribution is -0.304. The lowest BCUT2D eigenvalue weighted by atomic mass is 10.1. The van der Waals surface area contributed by atoms with Crippen LogP contribution in [-0.2, 0) is 4.74 Å². The molecule has 0 spiro atoms. The maximum absolute atomic E-state index is 12.3. The average Bonchev–Trinajstić information content (AvgIpc) is 2.14. The van der Waals surface area contributed by atoms with Gasteiger partial charge in [0, 0.05) is 0 Å². The number of rotatable bonds is 6. The van der Waals surface area contributed by atoms with Crippen molar-refractivity contribution in [1.29, 1.82) is 0 Å². The second kappa shape index (κ2) is 6.50. The van der Waals surface area contributed by atoms with Crippen molar-refractivity contribution >= 4 is 0 Å². The highest BCUT2D eigenvalue weighted by Crippen LogP contribution is 2.28. The first kappa shape index (κ1) is 17.4. The Balaban J connectivity index is 3.89. The fourth-order valence-corrected chi connectivity index (χ4v) is 0.918. The molecule has 0 radical (unpaired) electrons. The number of hydrogen-bond donors (Lipinski definition) is 1. The van der Waals surface area contributed by atoms with Crippen LogP contribution >= 0.6 is 0 Å². The van der Waals surface area contributed by atoms with Crippen molar-refractivity contribution in [2.45, 2.75) is 50.4 Å². The summed E-state index contributed by atoms with van der Waals surface area (Å²) in [5, 5.41) is 8.73. The molecular weight excluding hydrogens is 280 g/mol. The molecule has 0 bridgehead atoms. The van der Waals surface area contributed by atoms with Crippen molar-refractivity contribution in [3.05, 3.63) is 0 Å². The van der Waals surface area contributed by atoms with Gasteiger partial charge in [-0.2, -0.15) is 26.3 Å². The average molecular weight is 290 g/mol. The second-order valence-corrected chi connectivity index (χ2v) is 3.39. The standard InChI is InChI=1S/C8H10F8O2/c9-4(7(11,12)13)2-1-3-5(17)18-6(10)8(14,15)16/h4-6,17H,1-3H2. The number of aliphatic hydroxyl groups is 1. The zero-order chi connectivity index (χ0) is 14.6. The van der Waals surface area contributed by atoms with Gasteiger partial charge in [-0.05, 0) is 19.3 Å². The van der Waals surface area contributed by atoms with Gasteiger partial charge in [-0.3, -0.25) is 0 Å². The normalized spacial score (nSPS) is 18.5. The van der Waals surface area contributed by atoms with Crippen molar-refractivity contribution in [2.24, 2.45) is 0 Å². The van der Waals surface area contributed by atoms with Crippen molar-refractivity contribution in [3.8, 4) is 0 Å². The Hall–Kier alpha value is -0.640. The largest absolute Gasteiger partial charge is 0.445 e. The third-order valence-electron chi connectivity index (χ3n) is 1.80. The Kier molecular flexibility index (Phi) is 6.27. The number of alkyl halides is 8. The fourth-order valence-electron chi connectivity index (χ4n) is 0.918. The molecule has 0 aromatic heterocycles. The molecule has 0 heterocycles. The third-order valence-corrected chi connectivity index (χ3v) is 1.80. The van der Waals surface area contributed by atoms with Gasteiger partial charge in [0.25, 0.3) is 6.36 Å². The maximum Gasteiger partial charge on any atom is 0.445 e. The van der Waals surface area contributed by atoms with Gasteiger partial charge in [-0.25, -0.2) is 8.78 Å². The molecule has 0 rings (SSSR count). The van der Waals surface area contributed by atoms with E-state index in [2.05, 4.69) is 4.74 Å². The van der Waals surface area contributed by atoms with Gasteiger partial charge in [-0.15, -0.1) is 0 Å². The van der Waals surface area contributed by atoms with Crippen molar-refractivity contribution in [3.63, 3.8) is 0 Å². The summed E-state index contributed by atoms with van der Waals surface area (Å²) in [5.74, 6) is 0.